The zero-order valence-corrected chi connectivity index (χ0v) is 10.1. The number of hydrogen-bond donors (Lipinski definition) is 0. The van der Waals surface area contributed by atoms with Crippen LogP contribution in [-0.2, 0) is 6.54 Å². The van der Waals surface area contributed by atoms with Crippen molar-refractivity contribution in [3.8, 4) is 11.3 Å². The second-order valence-corrected chi connectivity index (χ2v) is 3.81. The van der Waals surface area contributed by atoms with Gasteiger partial charge in [-0.25, -0.2) is 0 Å². The average molecular weight is 260 g/mol. The highest BCUT2D eigenvalue weighted by molar-refractivity contribution is 5.94. The van der Waals surface area contributed by atoms with Gasteiger partial charge in [0.25, 0.3) is 5.69 Å². The maximum atomic E-state index is 11.1. The normalized spacial score (nSPS) is 10.4. The molecule has 2 aromatic rings. The van der Waals surface area contributed by atoms with Gasteiger partial charge >= 0.3 is 0 Å². The van der Waals surface area contributed by atoms with Gasteiger partial charge in [-0.2, -0.15) is 5.10 Å². The number of nitro benzene ring substituents is 1. The summed E-state index contributed by atoms with van der Waals surface area (Å²) >= 11 is 0. The predicted molar refractivity (Wildman–Crippen MR) is 64.3 cm³/mol. The summed E-state index contributed by atoms with van der Waals surface area (Å²) in [6.45, 7) is 2.25. The minimum Gasteiger partial charge on any atom is -0.545 e. The summed E-state index contributed by atoms with van der Waals surface area (Å²) in [5, 5.41) is 26.1. The van der Waals surface area contributed by atoms with Crippen molar-refractivity contribution in [2.45, 2.75) is 13.5 Å². The maximum Gasteiger partial charge on any atom is 0.278 e. The zero-order chi connectivity index (χ0) is 14.0. The number of nitrogens with zero attached hydrogens (tertiary/aromatic N) is 3. The Morgan fingerprint density at radius 3 is 2.68 bits per heavy atom. The number of rotatable bonds is 4. The molecule has 19 heavy (non-hydrogen) atoms. The summed E-state index contributed by atoms with van der Waals surface area (Å²) < 4.78 is 1.40. The molecule has 0 N–H and O–H groups in total. The Balaban J connectivity index is 2.68. The van der Waals surface area contributed by atoms with Crippen LogP contribution in [0.3, 0.4) is 0 Å². The molecule has 2 rings (SSSR count). The van der Waals surface area contributed by atoms with Crippen LogP contribution in [0, 0.1) is 10.1 Å². The van der Waals surface area contributed by atoms with Crippen molar-refractivity contribution in [2.24, 2.45) is 0 Å². The van der Waals surface area contributed by atoms with E-state index in [0.29, 0.717) is 6.54 Å². The van der Waals surface area contributed by atoms with Crippen LogP contribution in [0.1, 0.15) is 17.3 Å². The second-order valence-electron chi connectivity index (χ2n) is 3.81. The van der Waals surface area contributed by atoms with Crippen LogP contribution < -0.4 is 5.11 Å². The van der Waals surface area contributed by atoms with E-state index in [1.807, 2.05) is 0 Å². The third-order valence-electron chi connectivity index (χ3n) is 2.66. The fraction of sp³-hybridized carbons (Fsp3) is 0.167. The fourth-order valence-electron chi connectivity index (χ4n) is 1.76. The molecule has 0 aliphatic heterocycles. The summed E-state index contributed by atoms with van der Waals surface area (Å²) in [5.41, 5.74) is -0.129. The first-order valence-electron chi connectivity index (χ1n) is 5.57. The van der Waals surface area contributed by atoms with Gasteiger partial charge in [0.05, 0.1) is 16.5 Å². The third-order valence-corrected chi connectivity index (χ3v) is 2.66. The predicted octanol–water partition coefficient (Wildman–Crippen LogP) is 0.842. The lowest BCUT2D eigenvalue weighted by molar-refractivity contribution is -0.384. The third kappa shape index (κ3) is 2.30. The standard InChI is InChI=1S/C12H11N3O4/c1-2-14-7-9(12(16)17)11(13-14)8-5-3-4-6-10(8)15(18)19/h3-7H,2H2,1H3,(H,16,17)/p-1. The molecule has 0 radical (unpaired) electrons. The molecular formula is C12H10N3O4-. The van der Waals surface area contributed by atoms with Crippen molar-refractivity contribution < 1.29 is 14.8 Å². The molecule has 0 saturated heterocycles. The molecule has 0 bridgehead atoms. The van der Waals surface area contributed by atoms with E-state index in [9.17, 15) is 20.0 Å². The molecule has 7 heteroatoms. The molecule has 0 fully saturated rings. The molecule has 0 unspecified atom stereocenters. The quantitative estimate of drug-likeness (QED) is 0.598. The van der Waals surface area contributed by atoms with Crippen LogP contribution in [0.25, 0.3) is 11.3 Å². The van der Waals surface area contributed by atoms with Crippen LogP contribution >= 0.6 is 0 Å². The topological polar surface area (TPSA) is 101 Å². The first kappa shape index (κ1) is 12.7. The summed E-state index contributed by atoms with van der Waals surface area (Å²) in [5.74, 6) is -1.41. The molecule has 1 aromatic heterocycles. The van der Waals surface area contributed by atoms with E-state index in [1.54, 1.807) is 13.0 Å². The summed E-state index contributed by atoms with van der Waals surface area (Å²) in [7, 11) is 0. The van der Waals surface area contributed by atoms with Crippen molar-refractivity contribution in [1.29, 1.82) is 0 Å². The first-order valence-corrected chi connectivity index (χ1v) is 5.57. The fourth-order valence-corrected chi connectivity index (χ4v) is 1.76. The van der Waals surface area contributed by atoms with E-state index in [-0.39, 0.29) is 22.5 Å². The number of aromatic carboxylic acids is 1. The summed E-state index contributed by atoms with van der Waals surface area (Å²) in [4.78, 5) is 21.5. The Hall–Kier alpha value is -2.70. The summed E-state index contributed by atoms with van der Waals surface area (Å²) in [6, 6.07) is 5.87. The van der Waals surface area contributed by atoms with Gasteiger partial charge in [-0.15, -0.1) is 0 Å². The van der Waals surface area contributed by atoms with Crippen molar-refractivity contribution in [1.82, 2.24) is 9.78 Å². The largest absolute Gasteiger partial charge is 0.545 e. The first-order chi connectivity index (χ1) is 9.04. The zero-order valence-electron chi connectivity index (χ0n) is 10.1. The van der Waals surface area contributed by atoms with Gasteiger partial charge in [0.15, 0.2) is 0 Å². The number of hydrogen-bond acceptors (Lipinski definition) is 5. The van der Waals surface area contributed by atoms with Crippen LogP contribution in [0.4, 0.5) is 5.69 Å². The molecule has 1 aromatic carbocycles. The highest BCUT2D eigenvalue weighted by Gasteiger charge is 2.20. The van der Waals surface area contributed by atoms with E-state index in [4.69, 9.17) is 0 Å². The lowest BCUT2D eigenvalue weighted by Crippen LogP contribution is -2.22. The van der Waals surface area contributed by atoms with Gasteiger partial charge < -0.3 is 9.90 Å². The maximum absolute atomic E-state index is 11.1. The number of benzene rings is 1. The Morgan fingerprint density at radius 2 is 2.11 bits per heavy atom. The van der Waals surface area contributed by atoms with E-state index >= 15 is 0 Å². The lowest BCUT2D eigenvalue weighted by atomic mass is 10.1. The molecular weight excluding hydrogens is 250 g/mol. The van der Waals surface area contributed by atoms with Gasteiger partial charge in [-0.3, -0.25) is 14.8 Å². The molecule has 1 heterocycles. The van der Waals surface area contributed by atoms with Gasteiger partial charge in [-0.05, 0) is 13.0 Å². The van der Waals surface area contributed by atoms with Crippen LogP contribution in [0.5, 0.6) is 0 Å². The number of aromatic nitrogens is 2. The van der Waals surface area contributed by atoms with E-state index in [1.165, 1.54) is 29.1 Å². The lowest BCUT2D eigenvalue weighted by Gasteiger charge is -2.03. The molecule has 0 saturated carbocycles. The Bertz CT molecular complexity index is 648. The number of carbonyl (C=O) groups is 1. The van der Waals surface area contributed by atoms with Gasteiger partial charge in [-0.1, -0.05) is 12.1 Å². The van der Waals surface area contributed by atoms with Gasteiger partial charge in [0.2, 0.25) is 0 Å². The molecule has 0 spiro atoms. The van der Waals surface area contributed by atoms with Crippen molar-refractivity contribution in [3.05, 3.63) is 46.1 Å². The van der Waals surface area contributed by atoms with Gasteiger partial charge in [0.1, 0.15) is 5.69 Å². The minimum absolute atomic E-state index is 0.0501. The van der Waals surface area contributed by atoms with E-state index in [0.717, 1.165) is 0 Å². The highest BCUT2D eigenvalue weighted by Crippen LogP contribution is 2.30. The van der Waals surface area contributed by atoms with Crippen LogP contribution in [-0.4, -0.2) is 20.7 Å². The number of para-hydroxylation sites is 1. The molecule has 0 atom stereocenters. The van der Waals surface area contributed by atoms with Crippen molar-refractivity contribution >= 4 is 11.7 Å². The Labute approximate surface area is 108 Å². The molecule has 98 valence electrons. The number of aryl methyl sites for hydroxylation is 1. The van der Waals surface area contributed by atoms with Crippen LogP contribution in [0.15, 0.2) is 30.5 Å². The highest BCUT2D eigenvalue weighted by atomic mass is 16.6. The summed E-state index contributed by atoms with van der Waals surface area (Å²) in [6.07, 6.45) is 1.31. The van der Waals surface area contributed by atoms with Gasteiger partial charge in [0, 0.05) is 24.4 Å². The smallest absolute Gasteiger partial charge is 0.278 e. The Morgan fingerprint density at radius 1 is 1.42 bits per heavy atom. The molecule has 0 aliphatic carbocycles. The van der Waals surface area contributed by atoms with E-state index < -0.39 is 10.9 Å². The molecule has 0 aliphatic rings. The number of carboxylic acid groups (broad SMARTS) is 1. The number of carbonyl (C=O) groups excluding carboxylic acids is 1. The van der Waals surface area contributed by atoms with Crippen LogP contribution in [0.2, 0.25) is 0 Å². The van der Waals surface area contributed by atoms with E-state index in [2.05, 4.69) is 5.10 Å². The Kier molecular flexibility index (Phi) is 3.28. The monoisotopic (exact) mass is 260 g/mol. The second kappa shape index (κ2) is 4.89. The SMILES string of the molecule is CCn1cc(C(=O)[O-])c(-c2ccccc2[N+](=O)[O-])n1. The number of nitro groups is 1. The van der Waals surface area contributed by atoms with Crippen molar-refractivity contribution in [2.75, 3.05) is 0 Å². The average Bonchev–Trinajstić information content (AvgIpc) is 2.83. The number of carboxylic acids is 1. The molecule has 0 amide bonds. The minimum atomic E-state index is -1.41. The molecule has 7 nitrogen and oxygen atoms in total. The van der Waals surface area contributed by atoms with Crippen molar-refractivity contribution in [3.63, 3.8) is 0 Å².